The van der Waals surface area contributed by atoms with Gasteiger partial charge < -0.3 is 15.2 Å². The molecule has 0 aliphatic carbocycles. The lowest BCUT2D eigenvalue weighted by molar-refractivity contribution is -0.0810. The summed E-state index contributed by atoms with van der Waals surface area (Å²) in [5, 5.41) is 0. The van der Waals surface area contributed by atoms with Gasteiger partial charge in [0.2, 0.25) is 5.88 Å². The van der Waals surface area contributed by atoms with Gasteiger partial charge in [0.05, 0.1) is 25.7 Å². The summed E-state index contributed by atoms with van der Waals surface area (Å²) in [5.74, 6) is -0.196. The van der Waals surface area contributed by atoms with Gasteiger partial charge in [0.15, 0.2) is 0 Å². The van der Waals surface area contributed by atoms with Crippen molar-refractivity contribution in [3.8, 4) is 5.88 Å². The highest BCUT2D eigenvalue weighted by atomic mass is 16.6. The van der Waals surface area contributed by atoms with Crippen molar-refractivity contribution in [3.63, 3.8) is 0 Å². The quantitative estimate of drug-likeness (QED) is 0.701. The van der Waals surface area contributed by atoms with Gasteiger partial charge >= 0.3 is 0 Å². The lowest BCUT2D eigenvalue weighted by atomic mass is 10.3. The summed E-state index contributed by atoms with van der Waals surface area (Å²) in [6, 6.07) is 3.00. The van der Waals surface area contributed by atoms with Crippen molar-refractivity contribution in [1.82, 2.24) is 4.98 Å². The van der Waals surface area contributed by atoms with Crippen LogP contribution < -0.4 is 10.5 Å². The Morgan fingerprint density at radius 1 is 1.83 bits per heavy atom. The Bertz CT molecular complexity index is 439. The fourth-order valence-corrected chi connectivity index (χ4v) is 0.720. The van der Waals surface area contributed by atoms with E-state index < -0.39 is 19.2 Å². The summed E-state index contributed by atoms with van der Waals surface area (Å²) in [7, 11) is 0. The third-order valence-corrected chi connectivity index (χ3v) is 1.29. The van der Waals surface area contributed by atoms with E-state index in [1.54, 1.807) is 6.07 Å². The van der Waals surface area contributed by atoms with E-state index in [9.17, 15) is 0 Å². The van der Waals surface area contributed by atoms with Crippen molar-refractivity contribution < 1.29 is 16.3 Å². The van der Waals surface area contributed by atoms with Crippen LogP contribution in [0.15, 0.2) is 18.3 Å². The highest BCUT2D eigenvalue weighted by Gasteiger charge is 2.21. The number of ether oxygens (including phenoxy) is 2. The summed E-state index contributed by atoms with van der Waals surface area (Å²) in [6.45, 7) is -5.14. The zero-order chi connectivity index (χ0) is 12.9. The number of hydrogen-bond donors (Lipinski definition) is 1. The van der Waals surface area contributed by atoms with Crippen LogP contribution in [0.3, 0.4) is 0 Å². The van der Waals surface area contributed by atoms with Crippen LogP contribution in [-0.4, -0.2) is 24.2 Å². The fourth-order valence-electron chi connectivity index (χ4n) is 0.720. The summed E-state index contributed by atoms with van der Waals surface area (Å²) in [4.78, 5) is 3.72. The van der Waals surface area contributed by atoms with Crippen molar-refractivity contribution in [2.75, 3.05) is 18.9 Å². The minimum absolute atomic E-state index is 0.0950. The molecule has 1 saturated heterocycles. The molecule has 0 radical (unpaired) electrons. The van der Waals surface area contributed by atoms with Gasteiger partial charge in [-0.3, -0.25) is 0 Å². The zero-order valence-corrected chi connectivity index (χ0v) is 6.07. The zero-order valence-electron chi connectivity index (χ0n) is 11.1. The van der Waals surface area contributed by atoms with Gasteiger partial charge in [0, 0.05) is 6.20 Å². The van der Waals surface area contributed by atoms with Crippen LogP contribution >= 0.6 is 0 Å². The number of nitrogen functional groups attached to an aromatic ring is 1. The molecule has 1 aliphatic rings. The predicted octanol–water partition coefficient (Wildman–Crippen LogP) is 0.441. The van der Waals surface area contributed by atoms with Crippen molar-refractivity contribution in [2.24, 2.45) is 0 Å². The highest BCUT2D eigenvalue weighted by Crippen LogP contribution is 2.19. The van der Waals surface area contributed by atoms with E-state index in [1.807, 2.05) is 0 Å². The molecular formula is C8H10N2O2. The number of anilines is 1. The van der Waals surface area contributed by atoms with Crippen molar-refractivity contribution in [3.05, 3.63) is 18.3 Å². The lowest BCUT2D eigenvalue weighted by Crippen LogP contribution is -2.38. The van der Waals surface area contributed by atoms with Gasteiger partial charge in [-0.2, -0.15) is 0 Å². The first-order chi connectivity index (χ1) is 7.70. The molecule has 1 aliphatic heterocycles. The first-order valence-corrected chi connectivity index (χ1v) is 3.29. The molecule has 0 amide bonds. The van der Waals surface area contributed by atoms with Crippen LogP contribution in [0.4, 0.5) is 5.69 Å². The van der Waals surface area contributed by atoms with Gasteiger partial charge in [-0.15, -0.1) is 0 Å². The van der Waals surface area contributed by atoms with Crippen LogP contribution in [0, 0.1) is 0 Å². The average molecular weight is 171 g/mol. The molecule has 0 aromatic carbocycles. The SMILES string of the molecule is [2H]C1([2H])OC([2H])([2H])C1([2H])Oc1ncccc1N. The summed E-state index contributed by atoms with van der Waals surface area (Å²) in [6.07, 6.45) is -1.19. The normalized spacial score (nSPS) is 34.2. The van der Waals surface area contributed by atoms with Crippen molar-refractivity contribution in [2.45, 2.75) is 6.08 Å². The second-order valence-corrected chi connectivity index (χ2v) is 2.14. The Balaban J connectivity index is 2.32. The maximum absolute atomic E-state index is 7.71. The van der Waals surface area contributed by atoms with E-state index in [0.717, 1.165) is 0 Å². The van der Waals surface area contributed by atoms with E-state index in [0.29, 0.717) is 0 Å². The monoisotopic (exact) mass is 171 g/mol. The molecule has 0 saturated carbocycles. The molecule has 1 fully saturated rings. The van der Waals surface area contributed by atoms with Crippen LogP contribution in [0.5, 0.6) is 5.88 Å². The minimum atomic E-state index is -2.57. The van der Waals surface area contributed by atoms with E-state index in [1.165, 1.54) is 12.3 Å². The molecular weight excluding hydrogens is 156 g/mol. The molecule has 0 spiro atoms. The standard InChI is InChI=1S/C8H10N2O2/c9-7-2-1-3-10-8(7)12-6-4-11-5-6/h1-3,6H,4-5,9H2/i4D2,5D2,6D. The third-order valence-electron chi connectivity index (χ3n) is 1.29. The van der Waals surface area contributed by atoms with Crippen molar-refractivity contribution in [1.29, 1.82) is 0 Å². The van der Waals surface area contributed by atoms with Crippen LogP contribution in [0.1, 0.15) is 6.85 Å². The van der Waals surface area contributed by atoms with E-state index in [-0.39, 0.29) is 11.6 Å². The number of nitrogens with zero attached hydrogens (tertiary/aromatic N) is 1. The molecule has 0 unspecified atom stereocenters. The van der Waals surface area contributed by atoms with Gasteiger partial charge in [0.25, 0.3) is 0 Å². The summed E-state index contributed by atoms with van der Waals surface area (Å²) < 4.78 is 46.3. The highest BCUT2D eigenvalue weighted by molar-refractivity contribution is 5.46. The maximum Gasteiger partial charge on any atom is 0.237 e. The van der Waals surface area contributed by atoms with Crippen molar-refractivity contribution >= 4 is 5.69 Å². The Hall–Kier alpha value is -1.29. The summed E-state index contributed by atoms with van der Waals surface area (Å²) >= 11 is 0. The molecule has 12 heavy (non-hydrogen) atoms. The largest absolute Gasteiger partial charge is 0.468 e. The minimum Gasteiger partial charge on any atom is -0.468 e. The van der Waals surface area contributed by atoms with E-state index in [2.05, 4.69) is 9.72 Å². The van der Waals surface area contributed by atoms with Crippen LogP contribution in [0.2, 0.25) is 0 Å². The Labute approximate surface area is 77.3 Å². The predicted molar refractivity (Wildman–Crippen MR) is 43.9 cm³/mol. The van der Waals surface area contributed by atoms with Crippen LogP contribution in [0.25, 0.3) is 0 Å². The Morgan fingerprint density at radius 2 is 2.67 bits per heavy atom. The number of pyridine rings is 1. The smallest absolute Gasteiger partial charge is 0.237 e. The summed E-state index contributed by atoms with van der Waals surface area (Å²) in [5.41, 5.74) is 5.62. The number of aromatic nitrogens is 1. The molecule has 0 atom stereocenters. The molecule has 4 nitrogen and oxygen atoms in total. The first-order valence-electron chi connectivity index (χ1n) is 5.79. The Morgan fingerprint density at radius 3 is 3.33 bits per heavy atom. The molecule has 2 heterocycles. The van der Waals surface area contributed by atoms with E-state index in [4.69, 9.17) is 17.3 Å². The van der Waals surface area contributed by atoms with Gasteiger partial charge in [-0.05, 0) is 12.1 Å². The van der Waals surface area contributed by atoms with Gasteiger partial charge in [-0.1, -0.05) is 0 Å². The average Bonchev–Trinajstić information content (AvgIpc) is 2.19. The van der Waals surface area contributed by atoms with Gasteiger partial charge in [0.1, 0.15) is 6.08 Å². The molecule has 0 bridgehead atoms. The molecule has 64 valence electrons. The second kappa shape index (κ2) is 2.98. The number of hydrogen-bond acceptors (Lipinski definition) is 4. The molecule has 1 aromatic rings. The molecule has 2 rings (SSSR count). The molecule has 2 N–H and O–H groups in total. The first kappa shape index (κ1) is 3.62. The molecule has 1 aromatic heterocycles. The van der Waals surface area contributed by atoms with Gasteiger partial charge in [-0.25, -0.2) is 4.98 Å². The lowest BCUT2D eigenvalue weighted by Gasteiger charge is -2.26. The number of rotatable bonds is 2. The topological polar surface area (TPSA) is 57.4 Å². The van der Waals surface area contributed by atoms with E-state index >= 15 is 0 Å². The fraction of sp³-hybridized carbons (Fsp3) is 0.375. The Kier molecular flexibility index (Phi) is 0.899. The van der Waals surface area contributed by atoms with Crippen LogP contribution in [-0.2, 0) is 4.74 Å². The molecule has 4 heteroatoms. The second-order valence-electron chi connectivity index (χ2n) is 2.14. The third kappa shape index (κ3) is 1.33. The number of nitrogens with two attached hydrogens (primary N) is 1. The maximum atomic E-state index is 7.71.